The van der Waals surface area contributed by atoms with Crippen molar-refractivity contribution in [2.75, 3.05) is 13.7 Å². The molecule has 0 fully saturated rings. The minimum Gasteiger partial charge on any atom is -0.372 e. The third-order valence-corrected chi connectivity index (χ3v) is 3.97. The first-order valence-electron chi connectivity index (χ1n) is 6.91. The molecule has 1 atom stereocenters. The molecule has 0 aliphatic carbocycles. The van der Waals surface area contributed by atoms with Gasteiger partial charge in [-0.05, 0) is 31.2 Å². The van der Waals surface area contributed by atoms with Crippen molar-refractivity contribution in [1.29, 1.82) is 0 Å². The predicted octanol–water partition coefficient (Wildman–Crippen LogP) is 3.91. The van der Waals surface area contributed by atoms with Crippen molar-refractivity contribution >= 4 is 17.5 Å². The number of amides is 1. The molecule has 0 aliphatic heterocycles. The van der Waals surface area contributed by atoms with Crippen LogP contribution in [0.3, 0.4) is 0 Å². The fourth-order valence-electron chi connectivity index (χ4n) is 2.19. The summed E-state index contributed by atoms with van der Waals surface area (Å²) in [6, 6.07) is 9.68. The van der Waals surface area contributed by atoms with Gasteiger partial charge in [0.2, 0.25) is 0 Å². The molecule has 122 valence electrons. The maximum Gasteiger partial charge on any atom is 0.252 e. The zero-order valence-corrected chi connectivity index (χ0v) is 13.5. The van der Waals surface area contributed by atoms with Crippen molar-refractivity contribution < 1.29 is 18.3 Å². The van der Waals surface area contributed by atoms with Gasteiger partial charge in [-0.15, -0.1) is 0 Å². The van der Waals surface area contributed by atoms with E-state index in [1.807, 2.05) is 0 Å². The van der Waals surface area contributed by atoms with Crippen molar-refractivity contribution in [1.82, 2.24) is 5.32 Å². The van der Waals surface area contributed by atoms with Crippen LogP contribution in [0.25, 0.3) is 0 Å². The Morgan fingerprint density at radius 2 is 1.96 bits per heavy atom. The summed E-state index contributed by atoms with van der Waals surface area (Å²) in [6.07, 6.45) is 0. The first kappa shape index (κ1) is 17.4. The summed E-state index contributed by atoms with van der Waals surface area (Å²) < 4.78 is 32.4. The van der Waals surface area contributed by atoms with Crippen LogP contribution in [0.5, 0.6) is 0 Å². The second-order valence-electron chi connectivity index (χ2n) is 5.22. The maximum atomic E-state index is 14.0. The molecule has 23 heavy (non-hydrogen) atoms. The second kappa shape index (κ2) is 7.06. The fourth-order valence-corrected chi connectivity index (χ4v) is 2.44. The van der Waals surface area contributed by atoms with Gasteiger partial charge in [0.1, 0.15) is 17.2 Å². The maximum absolute atomic E-state index is 14.0. The highest BCUT2D eigenvalue weighted by Gasteiger charge is 2.30. The van der Waals surface area contributed by atoms with E-state index in [2.05, 4.69) is 5.32 Å². The molecule has 0 saturated carbocycles. The van der Waals surface area contributed by atoms with Gasteiger partial charge >= 0.3 is 0 Å². The molecule has 0 aliphatic rings. The third kappa shape index (κ3) is 3.86. The number of carbonyl (C=O) groups is 1. The van der Waals surface area contributed by atoms with Crippen molar-refractivity contribution in [3.05, 3.63) is 70.2 Å². The van der Waals surface area contributed by atoms with Gasteiger partial charge < -0.3 is 10.1 Å². The molecule has 1 unspecified atom stereocenters. The molecule has 1 N–H and O–H groups in total. The normalized spacial score (nSPS) is 13.4. The molecule has 1 amide bonds. The van der Waals surface area contributed by atoms with Gasteiger partial charge in [0.15, 0.2) is 0 Å². The molecule has 0 heterocycles. The molecule has 3 nitrogen and oxygen atoms in total. The summed E-state index contributed by atoms with van der Waals surface area (Å²) in [5.41, 5.74) is -0.582. The van der Waals surface area contributed by atoms with Gasteiger partial charge in [-0.3, -0.25) is 4.79 Å². The van der Waals surface area contributed by atoms with Crippen molar-refractivity contribution in [2.24, 2.45) is 0 Å². The Hall–Kier alpha value is -1.98. The number of rotatable bonds is 5. The fraction of sp³-hybridized carbons (Fsp3) is 0.235. The van der Waals surface area contributed by atoms with Crippen LogP contribution in [0, 0.1) is 11.6 Å². The van der Waals surface area contributed by atoms with Gasteiger partial charge in [0.05, 0.1) is 17.1 Å². The average molecular weight is 340 g/mol. The van der Waals surface area contributed by atoms with E-state index in [1.54, 1.807) is 25.1 Å². The summed E-state index contributed by atoms with van der Waals surface area (Å²) >= 11 is 5.86. The first-order valence-corrected chi connectivity index (χ1v) is 7.28. The summed E-state index contributed by atoms with van der Waals surface area (Å²) in [5, 5.41) is 2.65. The zero-order valence-electron chi connectivity index (χ0n) is 12.7. The number of nitrogens with one attached hydrogen (secondary N) is 1. The number of methoxy groups -OCH3 is 1. The predicted molar refractivity (Wildman–Crippen MR) is 84.5 cm³/mol. The molecular formula is C17H16ClF2NO2. The molecule has 0 saturated heterocycles. The van der Waals surface area contributed by atoms with E-state index in [0.29, 0.717) is 5.56 Å². The summed E-state index contributed by atoms with van der Waals surface area (Å²) in [7, 11) is 1.43. The van der Waals surface area contributed by atoms with E-state index in [9.17, 15) is 13.6 Å². The lowest BCUT2D eigenvalue weighted by atomic mass is 9.95. The van der Waals surface area contributed by atoms with Crippen molar-refractivity contribution in [2.45, 2.75) is 12.5 Å². The Morgan fingerprint density at radius 3 is 2.57 bits per heavy atom. The lowest BCUT2D eigenvalue weighted by molar-refractivity contribution is 0.000389. The monoisotopic (exact) mass is 339 g/mol. The summed E-state index contributed by atoms with van der Waals surface area (Å²) in [4.78, 5) is 12.2. The Kier molecular flexibility index (Phi) is 5.34. The van der Waals surface area contributed by atoms with E-state index >= 15 is 0 Å². The Morgan fingerprint density at radius 1 is 1.26 bits per heavy atom. The van der Waals surface area contributed by atoms with Crippen LogP contribution in [0.4, 0.5) is 8.78 Å². The molecule has 0 bridgehead atoms. The SMILES string of the molecule is COC(C)(CNC(=O)c1ccc(F)cc1Cl)c1ccccc1F. The standard InChI is InChI=1S/C17H16ClF2NO2/c1-17(23-2,13-5-3-4-6-15(13)20)10-21-16(22)12-8-7-11(19)9-14(12)18/h3-9H,10H2,1-2H3,(H,21,22). The van der Waals surface area contributed by atoms with E-state index in [-0.39, 0.29) is 17.1 Å². The Balaban J connectivity index is 2.17. The molecule has 6 heteroatoms. The highest BCUT2D eigenvalue weighted by atomic mass is 35.5. The van der Waals surface area contributed by atoms with Crippen LogP contribution in [-0.4, -0.2) is 19.6 Å². The van der Waals surface area contributed by atoms with Crippen molar-refractivity contribution in [3.63, 3.8) is 0 Å². The zero-order chi connectivity index (χ0) is 17.0. The minimum atomic E-state index is -1.05. The highest BCUT2D eigenvalue weighted by molar-refractivity contribution is 6.33. The topological polar surface area (TPSA) is 38.3 Å². The molecule has 0 aromatic heterocycles. The molecule has 0 spiro atoms. The Bertz CT molecular complexity index is 723. The summed E-state index contributed by atoms with van der Waals surface area (Å²) in [5.74, 6) is -1.44. The number of hydrogen-bond donors (Lipinski definition) is 1. The number of ether oxygens (including phenoxy) is 1. The Labute approximate surface area is 138 Å². The lowest BCUT2D eigenvalue weighted by Gasteiger charge is -2.29. The van der Waals surface area contributed by atoms with E-state index < -0.39 is 23.1 Å². The first-order chi connectivity index (χ1) is 10.9. The highest BCUT2D eigenvalue weighted by Crippen LogP contribution is 2.26. The van der Waals surface area contributed by atoms with Gasteiger partial charge in [-0.25, -0.2) is 8.78 Å². The van der Waals surface area contributed by atoms with Crippen LogP contribution in [-0.2, 0) is 10.3 Å². The molecule has 2 rings (SSSR count). The van der Waals surface area contributed by atoms with Crippen LogP contribution < -0.4 is 5.32 Å². The van der Waals surface area contributed by atoms with Crippen LogP contribution in [0.1, 0.15) is 22.8 Å². The molecule has 0 radical (unpaired) electrons. The van der Waals surface area contributed by atoms with Gasteiger partial charge in [-0.1, -0.05) is 29.8 Å². The van der Waals surface area contributed by atoms with Crippen LogP contribution in [0.2, 0.25) is 5.02 Å². The number of benzene rings is 2. The van der Waals surface area contributed by atoms with Gasteiger partial charge in [-0.2, -0.15) is 0 Å². The molecular weight excluding hydrogens is 324 g/mol. The largest absolute Gasteiger partial charge is 0.372 e. The van der Waals surface area contributed by atoms with Gasteiger partial charge in [0, 0.05) is 12.7 Å². The second-order valence-corrected chi connectivity index (χ2v) is 5.63. The third-order valence-electron chi connectivity index (χ3n) is 3.66. The number of halogens is 3. The van der Waals surface area contributed by atoms with Crippen LogP contribution >= 0.6 is 11.6 Å². The lowest BCUT2D eigenvalue weighted by Crippen LogP contribution is -2.40. The smallest absolute Gasteiger partial charge is 0.252 e. The average Bonchev–Trinajstić information content (AvgIpc) is 2.52. The van der Waals surface area contributed by atoms with Gasteiger partial charge in [0.25, 0.3) is 5.91 Å². The summed E-state index contributed by atoms with van der Waals surface area (Å²) in [6.45, 7) is 1.69. The van der Waals surface area contributed by atoms with E-state index in [0.717, 1.165) is 12.1 Å². The molecule has 2 aromatic carbocycles. The van der Waals surface area contributed by atoms with E-state index in [1.165, 1.54) is 19.2 Å². The minimum absolute atomic E-state index is 0.00696. The van der Waals surface area contributed by atoms with Crippen molar-refractivity contribution in [3.8, 4) is 0 Å². The van der Waals surface area contributed by atoms with Crippen LogP contribution in [0.15, 0.2) is 42.5 Å². The number of hydrogen-bond acceptors (Lipinski definition) is 2. The van der Waals surface area contributed by atoms with E-state index in [4.69, 9.17) is 16.3 Å². The molecule has 2 aromatic rings. The number of carbonyl (C=O) groups excluding carboxylic acids is 1. The quantitative estimate of drug-likeness (QED) is 0.897.